The molecule has 2 rings (SSSR count). The van der Waals surface area contributed by atoms with E-state index in [1.807, 2.05) is 24.3 Å². The van der Waals surface area contributed by atoms with Crippen LogP contribution in [-0.4, -0.2) is 50.0 Å². The second-order valence-corrected chi connectivity index (χ2v) is 4.09. The molecule has 1 aromatic rings. The number of hydrogen-bond acceptors (Lipinski definition) is 4. The van der Waals surface area contributed by atoms with Crippen LogP contribution in [0.4, 0.5) is 0 Å². The van der Waals surface area contributed by atoms with Gasteiger partial charge in [-0.3, -0.25) is 4.90 Å². The third kappa shape index (κ3) is 2.77. The summed E-state index contributed by atoms with van der Waals surface area (Å²) >= 11 is 0. The summed E-state index contributed by atoms with van der Waals surface area (Å²) < 4.78 is 10.7. The maximum absolute atomic E-state index is 9.61. The number of hydrogen-bond donors (Lipinski definition) is 1. The minimum Gasteiger partial charge on any atom is -0.496 e. The van der Waals surface area contributed by atoms with Crippen molar-refractivity contribution in [2.24, 2.45) is 0 Å². The molecule has 0 unspecified atom stereocenters. The van der Waals surface area contributed by atoms with Crippen LogP contribution in [0.1, 0.15) is 11.6 Å². The van der Waals surface area contributed by atoms with Crippen molar-refractivity contribution < 1.29 is 14.6 Å². The summed E-state index contributed by atoms with van der Waals surface area (Å²) in [6, 6.07) is 7.85. The molecule has 1 aliphatic heterocycles. The highest BCUT2D eigenvalue weighted by Gasteiger charge is 2.24. The molecule has 17 heavy (non-hydrogen) atoms. The van der Waals surface area contributed by atoms with Crippen molar-refractivity contribution in [1.29, 1.82) is 0 Å². The minimum absolute atomic E-state index is 0.00458. The molecule has 1 saturated heterocycles. The molecule has 0 saturated carbocycles. The molecular formula is C13H19NO3. The van der Waals surface area contributed by atoms with Crippen molar-refractivity contribution in [2.45, 2.75) is 6.04 Å². The Bertz CT molecular complexity index is 350. The Morgan fingerprint density at radius 2 is 2.06 bits per heavy atom. The fraction of sp³-hybridized carbons (Fsp3) is 0.538. The highest BCUT2D eigenvalue weighted by atomic mass is 16.5. The highest BCUT2D eigenvalue weighted by molar-refractivity contribution is 5.36. The van der Waals surface area contributed by atoms with Crippen molar-refractivity contribution in [2.75, 3.05) is 40.0 Å². The molecule has 0 radical (unpaired) electrons. The van der Waals surface area contributed by atoms with Gasteiger partial charge in [0.25, 0.3) is 0 Å². The number of methoxy groups -OCH3 is 1. The Hall–Kier alpha value is -1.10. The number of para-hydroxylation sites is 1. The zero-order valence-corrected chi connectivity index (χ0v) is 10.1. The predicted molar refractivity (Wildman–Crippen MR) is 65.2 cm³/mol. The molecule has 1 fully saturated rings. The van der Waals surface area contributed by atoms with Gasteiger partial charge in [-0.05, 0) is 6.07 Å². The molecule has 0 bridgehead atoms. The second-order valence-electron chi connectivity index (χ2n) is 4.09. The van der Waals surface area contributed by atoms with Gasteiger partial charge in [0.2, 0.25) is 0 Å². The average molecular weight is 237 g/mol. The molecule has 1 aliphatic rings. The van der Waals surface area contributed by atoms with E-state index in [2.05, 4.69) is 4.90 Å². The van der Waals surface area contributed by atoms with Crippen LogP contribution < -0.4 is 4.74 Å². The topological polar surface area (TPSA) is 41.9 Å². The van der Waals surface area contributed by atoms with Crippen LogP contribution in [-0.2, 0) is 4.74 Å². The Labute approximate surface area is 102 Å². The summed E-state index contributed by atoms with van der Waals surface area (Å²) in [5.41, 5.74) is 1.04. The zero-order chi connectivity index (χ0) is 12.1. The van der Waals surface area contributed by atoms with E-state index in [-0.39, 0.29) is 12.6 Å². The molecule has 4 heteroatoms. The van der Waals surface area contributed by atoms with Gasteiger partial charge in [0.1, 0.15) is 5.75 Å². The van der Waals surface area contributed by atoms with Gasteiger partial charge in [-0.2, -0.15) is 0 Å². The summed E-state index contributed by atoms with van der Waals surface area (Å²) in [5, 5.41) is 9.61. The quantitative estimate of drug-likeness (QED) is 0.850. The van der Waals surface area contributed by atoms with Gasteiger partial charge in [-0.15, -0.1) is 0 Å². The number of rotatable bonds is 4. The van der Waals surface area contributed by atoms with Gasteiger partial charge in [-0.25, -0.2) is 0 Å². The van der Waals surface area contributed by atoms with E-state index in [0.29, 0.717) is 0 Å². The summed E-state index contributed by atoms with van der Waals surface area (Å²) in [5.74, 6) is 0.832. The van der Waals surface area contributed by atoms with Crippen LogP contribution in [0.5, 0.6) is 5.75 Å². The van der Waals surface area contributed by atoms with Crippen LogP contribution in [0.15, 0.2) is 24.3 Å². The lowest BCUT2D eigenvalue weighted by Crippen LogP contribution is -2.40. The van der Waals surface area contributed by atoms with E-state index in [1.54, 1.807) is 7.11 Å². The van der Waals surface area contributed by atoms with E-state index < -0.39 is 0 Å². The van der Waals surface area contributed by atoms with Gasteiger partial charge in [-0.1, -0.05) is 18.2 Å². The van der Waals surface area contributed by atoms with Gasteiger partial charge in [0, 0.05) is 18.7 Å². The fourth-order valence-electron chi connectivity index (χ4n) is 2.24. The molecule has 1 N–H and O–H groups in total. The number of ether oxygens (including phenoxy) is 2. The van der Waals surface area contributed by atoms with Gasteiger partial charge in [0.05, 0.1) is 33.0 Å². The minimum atomic E-state index is -0.00458. The standard InChI is InChI=1S/C13H19NO3/c1-16-13-5-3-2-4-11(13)12(10-15)14-6-8-17-9-7-14/h2-5,12,15H,6-10H2,1H3/t12-/m1/s1. The first-order chi connectivity index (χ1) is 8.36. The Morgan fingerprint density at radius 3 is 2.71 bits per heavy atom. The van der Waals surface area contributed by atoms with Crippen molar-refractivity contribution >= 4 is 0 Å². The Morgan fingerprint density at radius 1 is 1.35 bits per heavy atom. The molecular weight excluding hydrogens is 218 g/mol. The van der Waals surface area contributed by atoms with E-state index in [0.717, 1.165) is 37.6 Å². The fourth-order valence-corrected chi connectivity index (χ4v) is 2.24. The monoisotopic (exact) mass is 237 g/mol. The summed E-state index contributed by atoms with van der Waals surface area (Å²) in [6.07, 6.45) is 0. The van der Waals surface area contributed by atoms with Gasteiger partial charge in [0.15, 0.2) is 0 Å². The van der Waals surface area contributed by atoms with Crippen molar-refractivity contribution in [1.82, 2.24) is 4.90 Å². The van der Waals surface area contributed by atoms with Crippen molar-refractivity contribution in [3.63, 3.8) is 0 Å². The normalized spacial score (nSPS) is 18.9. The molecule has 0 aliphatic carbocycles. The SMILES string of the molecule is COc1ccccc1[C@@H](CO)N1CCOCC1. The van der Waals surface area contributed by atoms with E-state index in [1.165, 1.54) is 0 Å². The second kappa shape index (κ2) is 6.00. The zero-order valence-electron chi connectivity index (χ0n) is 10.1. The largest absolute Gasteiger partial charge is 0.496 e. The van der Waals surface area contributed by atoms with Crippen LogP contribution in [0.25, 0.3) is 0 Å². The van der Waals surface area contributed by atoms with Crippen LogP contribution in [0.2, 0.25) is 0 Å². The Kier molecular flexibility index (Phi) is 4.36. The van der Waals surface area contributed by atoms with Crippen molar-refractivity contribution in [3.8, 4) is 5.75 Å². The lowest BCUT2D eigenvalue weighted by Gasteiger charge is -2.34. The first-order valence-corrected chi connectivity index (χ1v) is 5.92. The summed E-state index contributed by atoms with van der Waals surface area (Å²) in [7, 11) is 1.66. The molecule has 1 heterocycles. The molecule has 0 amide bonds. The number of nitrogens with zero attached hydrogens (tertiary/aromatic N) is 1. The maximum Gasteiger partial charge on any atom is 0.123 e. The lowest BCUT2D eigenvalue weighted by molar-refractivity contribution is 0.00205. The van der Waals surface area contributed by atoms with Crippen LogP contribution in [0, 0.1) is 0 Å². The molecule has 4 nitrogen and oxygen atoms in total. The van der Waals surface area contributed by atoms with Gasteiger partial charge < -0.3 is 14.6 Å². The first-order valence-electron chi connectivity index (χ1n) is 5.92. The highest BCUT2D eigenvalue weighted by Crippen LogP contribution is 2.29. The number of morpholine rings is 1. The third-order valence-electron chi connectivity index (χ3n) is 3.16. The molecule has 1 aromatic carbocycles. The van der Waals surface area contributed by atoms with Crippen LogP contribution >= 0.6 is 0 Å². The third-order valence-corrected chi connectivity index (χ3v) is 3.16. The number of benzene rings is 1. The lowest BCUT2D eigenvalue weighted by atomic mass is 10.0. The van der Waals surface area contributed by atoms with E-state index in [4.69, 9.17) is 9.47 Å². The average Bonchev–Trinajstić information content (AvgIpc) is 2.41. The van der Waals surface area contributed by atoms with Crippen LogP contribution in [0.3, 0.4) is 0 Å². The van der Waals surface area contributed by atoms with Gasteiger partial charge >= 0.3 is 0 Å². The number of aliphatic hydroxyl groups excluding tert-OH is 1. The summed E-state index contributed by atoms with van der Waals surface area (Å²) in [6.45, 7) is 3.25. The predicted octanol–water partition coefficient (Wildman–Crippen LogP) is 1.06. The molecule has 0 aromatic heterocycles. The number of aliphatic hydroxyl groups is 1. The molecule has 0 spiro atoms. The smallest absolute Gasteiger partial charge is 0.123 e. The summed E-state index contributed by atoms with van der Waals surface area (Å²) in [4.78, 5) is 2.24. The molecule has 1 atom stereocenters. The van der Waals surface area contributed by atoms with E-state index in [9.17, 15) is 5.11 Å². The maximum atomic E-state index is 9.61. The van der Waals surface area contributed by atoms with Crippen molar-refractivity contribution in [3.05, 3.63) is 29.8 Å². The Balaban J connectivity index is 2.21. The van der Waals surface area contributed by atoms with E-state index >= 15 is 0 Å². The first kappa shape index (κ1) is 12.4. The molecule has 94 valence electrons.